The van der Waals surface area contributed by atoms with Crippen LogP contribution < -0.4 is 10.2 Å². The van der Waals surface area contributed by atoms with Crippen molar-refractivity contribution in [1.29, 1.82) is 0 Å². The summed E-state index contributed by atoms with van der Waals surface area (Å²) in [5, 5.41) is 3.84. The Morgan fingerprint density at radius 1 is 1.28 bits per heavy atom. The van der Waals surface area contributed by atoms with Crippen LogP contribution in [0.4, 0.5) is 15.6 Å². The number of hydrogen-bond acceptors (Lipinski definition) is 6. The molecule has 11 heteroatoms. The van der Waals surface area contributed by atoms with Crippen LogP contribution in [-0.2, 0) is 19.7 Å². The van der Waals surface area contributed by atoms with Crippen LogP contribution in [0, 0.1) is 0 Å². The van der Waals surface area contributed by atoms with Crippen LogP contribution in [0.15, 0.2) is 24.4 Å². The number of thiazole rings is 1. The van der Waals surface area contributed by atoms with Crippen molar-refractivity contribution in [3.8, 4) is 0 Å². The highest BCUT2D eigenvalue weighted by Gasteiger charge is 2.51. The second-order valence-electron chi connectivity index (χ2n) is 8.75. The second kappa shape index (κ2) is 7.85. The number of nitrogens with one attached hydrogen (secondary N) is 1. The Balaban J connectivity index is 1.38. The Bertz CT molecular complexity index is 1090. The van der Waals surface area contributed by atoms with Gasteiger partial charge in [-0.05, 0) is 44.0 Å². The average molecular weight is 497 g/mol. The van der Waals surface area contributed by atoms with Crippen molar-refractivity contribution in [3.05, 3.63) is 39.3 Å². The topological polar surface area (TPSA) is 84.0 Å². The Morgan fingerprint density at radius 3 is 2.78 bits per heavy atom. The van der Waals surface area contributed by atoms with Crippen LogP contribution in [0.2, 0.25) is 9.36 Å². The molecule has 0 saturated carbocycles. The third-order valence-corrected chi connectivity index (χ3v) is 7.43. The van der Waals surface area contributed by atoms with Crippen molar-refractivity contribution in [2.45, 2.75) is 37.6 Å². The predicted molar refractivity (Wildman–Crippen MR) is 123 cm³/mol. The van der Waals surface area contributed by atoms with Crippen molar-refractivity contribution in [2.75, 3.05) is 36.5 Å². The number of anilines is 2. The fraction of sp³-hybridized carbons (Fsp3) is 0.476. The van der Waals surface area contributed by atoms with Gasteiger partial charge < -0.3 is 14.4 Å². The molecule has 1 spiro atoms. The monoisotopic (exact) mass is 496 g/mol. The van der Waals surface area contributed by atoms with Gasteiger partial charge >= 0.3 is 6.03 Å². The van der Waals surface area contributed by atoms with Crippen LogP contribution >= 0.6 is 34.5 Å². The summed E-state index contributed by atoms with van der Waals surface area (Å²) in [6.07, 6.45) is 1.60. The van der Waals surface area contributed by atoms with Gasteiger partial charge in [0.1, 0.15) is 4.34 Å². The molecule has 3 aliphatic rings. The molecular weight excluding hydrogens is 475 g/mol. The van der Waals surface area contributed by atoms with E-state index in [1.165, 1.54) is 17.5 Å². The van der Waals surface area contributed by atoms with Crippen molar-refractivity contribution in [3.63, 3.8) is 0 Å². The van der Waals surface area contributed by atoms with E-state index in [1.807, 2.05) is 17.0 Å². The molecule has 1 N–H and O–H groups in total. The minimum absolute atomic E-state index is 0.0867. The van der Waals surface area contributed by atoms with Crippen LogP contribution in [0.5, 0.6) is 0 Å². The maximum absolute atomic E-state index is 13.1. The molecule has 2 atom stereocenters. The smallest absolute Gasteiger partial charge is 0.328 e. The maximum atomic E-state index is 13.1. The molecule has 32 heavy (non-hydrogen) atoms. The highest BCUT2D eigenvalue weighted by atomic mass is 35.5. The highest BCUT2D eigenvalue weighted by molar-refractivity contribution is 7.19. The first kappa shape index (κ1) is 21.9. The number of hydrogen-bond donors (Lipinski definition) is 1. The van der Waals surface area contributed by atoms with E-state index in [2.05, 4.69) is 10.3 Å². The molecule has 2 fully saturated rings. The van der Waals surface area contributed by atoms with Gasteiger partial charge in [-0.1, -0.05) is 34.5 Å². The zero-order valence-electron chi connectivity index (χ0n) is 17.6. The Hall–Kier alpha value is -1.91. The summed E-state index contributed by atoms with van der Waals surface area (Å²) in [5.41, 5.74) is 1.35. The summed E-state index contributed by atoms with van der Waals surface area (Å²) in [5.74, 6) is -0.852. The Morgan fingerprint density at radius 2 is 2.09 bits per heavy atom. The first-order valence-electron chi connectivity index (χ1n) is 10.3. The van der Waals surface area contributed by atoms with E-state index in [1.54, 1.807) is 24.8 Å². The molecule has 0 bridgehead atoms. The second-order valence-corrected chi connectivity index (χ2v) is 10.9. The van der Waals surface area contributed by atoms with Gasteiger partial charge in [0.05, 0.1) is 12.8 Å². The lowest BCUT2D eigenvalue weighted by Gasteiger charge is -2.27. The van der Waals surface area contributed by atoms with Crippen molar-refractivity contribution < 1.29 is 19.1 Å². The summed E-state index contributed by atoms with van der Waals surface area (Å²) >= 11 is 13.5. The first-order chi connectivity index (χ1) is 15.2. The van der Waals surface area contributed by atoms with E-state index >= 15 is 0 Å². The van der Waals surface area contributed by atoms with E-state index in [4.69, 9.17) is 32.7 Å². The van der Waals surface area contributed by atoms with Crippen molar-refractivity contribution in [2.24, 2.45) is 0 Å². The molecular formula is C21H22Cl2N4O4S. The lowest BCUT2D eigenvalue weighted by atomic mass is 9.81. The molecule has 1 aromatic carbocycles. The van der Waals surface area contributed by atoms with Gasteiger partial charge in [0.25, 0.3) is 5.91 Å². The third kappa shape index (κ3) is 3.86. The number of carbonyl (C=O) groups excluding carboxylic acids is 2. The van der Waals surface area contributed by atoms with Gasteiger partial charge in [0.2, 0.25) is 0 Å². The fourth-order valence-corrected chi connectivity index (χ4v) is 5.69. The average Bonchev–Trinajstić information content (AvgIpc) is 3.50. The molecule has 4 heterocycles. The molecule has 5 rings (SSSR count). The summed E-state index contributed by atoms with van der Waals surface area (Å²) in [4.78, 5) is 33.8. The highest BCUT2D eigenvalue weighted by Crippen LogP contribution is 2.47. The van der Waals surface area contributed by atoms with Gasteiger partial charge in [-0.15, -0.1) is 0 Å². The maximum Gasteiger partial charge on any atom is 0.328 e. The third-order valence-electron chi connectivity index (χ3n) is 6.17. The van der Waals surface area contributed by atoms with Gasteiger partial charge in [-0.2, -0.15) is 0 Å². The minimum Gasteiger partial charge on any atom is -0.347 e. The fourth-order valence-electron chi connectivity index (χ4n) is 4.72. The van der Waals surface area contributed by atoms with E-state index in [9.17, 15) is 9.59 Å². The van der Waals surface area contributed by atoms with E-state index < -0.39 is 17.3 Å². The molecule has 3 aliphatic heterocycles. The summed E-state index contributed by atoms with van der Waals surface area (Å²) in [6.45, 7) is 5.32. The normalized spacial score (nSPS) is 26.1. The van der Waals surface area contributed by atoms with Crippen molar-refractivity contribution in [1.82, 2.24) is 9.88 Å². The number of halogens is 2. The van der Waals surface area contributed by atoms with Gasteiger partial charge in [0.15, 0.2) is 17.0 Å². The standard InChI is InChI=1S/C21H22Cl2N4O4S/c1-20(2)30-9-15(31-20)17(28)26-6-5-21(10-26)11-27(14-4-3-12(22)7-13(14)21)19(29)25-18-24-8-16(23)32-18/h3-4,7-8,15H,5-6,9-11H2,1-2H3,(H,24,25,29)/t15-,21?/m0/s1. The van der Waals surface area contributed by atoms with Crippen molar-refractivity contribution >= 4 is 57.3 Å². The van der Waals surface area contributed by atoms with E-state index in [0.29, 0.717) is 34.1 Å². The lowest BCUT2D eigenvalue weighted by molar-refractivity contribution is -0.159. The number of ether oxygens (including phenoxy) is 2. The molecule has 2 aromatic rings. The van der Waals surface area contributed by atoms with Gasteiger partial charge in [-0.25, -0.2) is 9.78 Å². The van der Waals surface area contributed by atoms with E-state index in [0.717, 1.165) is 17.7 Å². The molecule has 0 radical (unpaired) electrons. The SMILES string of the molecule is CC1(C)OC[C@@H](C(=O)N2CCC3(C2)CN(C(=O)Nc2ncc(Cl)s2)c2ccc(Cl)cc23)O1. The number of urea groups is 1. The number of benzene rings is 1. The first-order valence-corrected chi connectivity index (χ1v) is 11.8. The summed E-state index contributed by atoms with van der Waals surface area (Å²) in [6, 6.07) is 5.22. The number of rotatable bonds is 2. The molecule has 8 nitrogen and oxygen atoms in total. The van der Waals surface area contributed by atoms with Crippen LogP contribution in [0.25, 0.3) is 0 Å². The summed E-state index contributed by atoms with van der Waals surface area (Å²) < 4.78 is 11.8. The number of likely N-dealkylation sites (tertiary alicyclic amines) is 1. The zero-order valence-corrected chi connectivity index (χ0v) is 19.9. The lowest BCUT2D eigenvalue weighted by Crippen LogP contribution is -2.44. The Labute approximate surface area is 199 Å². The number of fused-ring (bicyclic) bond motifs is 2. The van der Waals surface area contributed by atoms with Crippen LogP contribution in [0.3, 0.4) is 0 Å². The van der Waals surface area contributed by atoms with Crippen LogP contribution in [0.1, 0.15) is 25.8 Å². The molecule has 2 saturated heterocycles. The van der Waals surface area contributed by atoms with Gasteiger partial charge in [-0.3, -0.25) is 15.0 Å². The largest absolute Gasteiger partial charge is 0.347 e. The van der Waals surface area contributed by atoms with E-state index in [-0.39, 0.29) is 18.5 Å². The zero-order chi connectivity index (χ0) is 22.7. The molecule has 0 aliphatic carbocycles. The molecule has 1 aromatic heterocycles. The molecule has 1 unspecified atom stereocenters. The quantitative estimate of drug-likeness (QED) is 0.675. The predicted octanol–water partition coefficient (Wildman–Crippen LogP) is 4.12. The van der Waals surface area contributed by atoms with Crippen LogP contribution in [-0.4, -0.2) is 60.0 Å². The van der Waals surface area contributed by atoms with Gasteiger partial charge in [0, 0.05) is 35.8 Å². The number of nitrogens with zero attached hydrogens (tertiary/aromatic N) is 3. The minimum atomic E-state index is -0.765. The number of aromatic nitrogens is 1. The number of carbonyl (C=O) groups is 2. The molecule has 3 amide bonds. The Kier molecular flexibility index (Phi) is 5.37. The molecule has 170 valence electrons. The number of amides is 3. The summed E-state index contributed by atoms with van der Waals surface area (Å²) in [7, 11) is 0.